The summed E-state index contributed by atoms with van der Waals surface area (Å²) in [5.41, 5.74) is 6.18. The third-order valence-corrected chi connectivity index (χ3v) is 2.73. The van der Waals surface area contributed by atoms with Crippen molar-refractivity contribution >= 4 is 16.8 Å². The van der Waals surface area contributed by atoms with Gasteiger partial charge in [-0.05, 0) is 13.0 Å². The largest absolute Gasteiger partial charge is 0.348 e. The number of rotatable bonds is 3. The summed E-state index contributed by atoms with van der Waals surface area (Å²) in [7, 11) is 0. The molecule has 0 fully saturated rings. The number of carbonyl (C=O) groups excluding carboxylic acids is 1. The van der Waals surface area contributed by atoms with Gasteiger partial charge in [-0.3, -0.25) is 9.59 Å². The molecular formula is C13H15N3O2. The Hall–Kier alpha value is -2.14. The predicted molar refractivity (Wildman–Crippen MR) is 70.6 cm³/mol. The molecule has 1 atom stereocenters. The zero-order chi connectivity index (χ0) is 13.1. The second kappa shape index (κ2) is 5.01. The molecule has 0 aliphatic heterocycles. The first kappa shape index (κ1) is 12.3. The van der Waals surface area contributed by atoms with E-state index in [-0.39, 0.29) is 17.5 Å². The maximum Gasteiger partial charge on any atom is 0.252 e. The second-order valence-electron chi connectivity index (χ2n) is 4.20. The van der Waals surface area contributed by atoms with Crippen molar-refractivity contribution in [3.63, 3.8) is 0 Å². The van der Waals surface area contributed by atoms with Gasteiger partial charge in [-0.25, -0.2) is 0 Å². The molecule has 1 aromatic carbocycles. The van der Waals surface area contributed by atoms with Crippen LogP contribution in [-0.4, -0.2) is 23.5 Å². The van der Waals surface area contributed by atoms with Gasteiger partial charge in [0.05, 0.1) is 5.56 Å². The van der Waals surface area contributed by atoms with Gasteiger partial charge in [0, 0.05) is 29.6 Å². The lowest BCUT2D eigenvalue weighted by atomic mass is 10.1. The van der Waals surface area contributed by atoms with Gasteiger partial charge >= 0.3 is 0 Å². The Morgan fingerprint density at radius 1 is 1.44 bits per heavy atom. The predicted octanol–water partition coefficient (Wildman–Crippen LogP) is 0.605. The minimum absolute atomic E-state index is 0.129. The standard InChI is InChI=1S/C13H15N3O2/c1-8(7-14)15-13(18)10-6-12(17)16-11-5-3-2-4-9(10)11/h2-6,8H,7,14H2,1H3,(H,15,18)(H,16,17)/t8-/m1/s1. The third-order valence-electron chi connectivity index (χ3n) is 2.73. The molecule has 0 bridgehead atoms. The third kappa shape index (κ3) is 2.41. The smallest absolute Gasteiger partial charge is 0.252 e. The highest BCUT2D eigenvalue weighted by Crippen LogP contribution is 2.14. The average Bonchev–Trinajstić information content (AvgIpc) is 2.37. The summed E-state index contributed by atoms with van der Waals surface area (Å²) >= 11 is 0. The number of hydrogen-bond donors (Lipinski definition) is 3. The Morgan fingerprint density at radius 2 is 2.17 bits per heavy atom. The van der Waals surface area contributed by atoms with Crippen molar-refractivity contribution in [2.45, 2.75) is 13.0 Å². The van der Waals surface area contributed by atoms with Crippen LogP contribution in [0.15, 0.2) is 35.1 Å². The molecule has 2 aromatic rings. The van der Waals surface area contributed by atoms with E-state index < -0.39 is 0 Å². The zero-order valence-corrected chi connectivity index (χ0v) is 10.1. The SMILES string of the molecule is C[C@H](CN)NC(=O)c1cc(=O)[nH]c2ccccc12. The van der Waals surface area contributed by atoms with E-state index in [0.29, 0.717) is 17.6 Å². The van der Waals surface area contributed by atoms with Crippen LogP contribution in [0.3, 0.4) is 0 Å². The molecule has 0 unspecified atom stereocenters. The van der Waals surface area contributed by atoms with E-state index in [9.17, 15) is 9.59 Å². The summed E-state index contributed by atoms with van der Waals surface area (Å²) < 4.78 is 0. The van der Waals surface area contributed by atoms with Crippen molar-refractivity contribution in [2.24, 2.45) is 5.73 Å². The van der Waals surface area contributed by atoms with Crippen LogP contribution in [0.1, 0.15) is 17.3 Å². The Labute approximate surface area is 104 Å². The fourth-order valence-electron chi connectivity index (χ4n) is 1.75. The number of nitrogens with two attached hydrogens (primary N) is 1. The quantitative estimate of drug-likeness (QED) is 0.740. The summed E-state index contributed by atoms with van der Waals surface area (Å²) in [6, 6.07) is 8.37. The molecule has 0 spiro atoms. The molecule has 2 rings (SSSR count). The number of H-pyrrole nitrogens is 1. The van der Waals surface area contributed by atoms with Crippen LogP contribution in [0.25, 0.3) is 10.9 Å². The van der Waals surface area contributed by atoms with E-state index in [0.717, 1.165) is 5.39 Å². The first-order valence-corrected chi connectivity index (χ1v) is 5.75. The number of fused-ring (bicyclic) bond motifs is 1. The van der Waals surface area contributed by atoms with E-state index in [1.807, 2.05) is 19.1 Å². The molecule has 0 saturated carbocycles. The van der Waals surface area contributed by atoms with Crippen molar-refractivity contribution in [1.29, 1.82) is 0 Å². The number of pyridine rings is 1. The number of amides is 1. The number of aromatic amines is 1. The lowest BCUT2D eigenvalue weighted by Crippen LogP contribution is -2.38. The molecule has 0 aliphatic carbocycles. The summed E-state index contributed by atoms with van der Waals surface area (Å²) in [4.78, 5) is 26.3. The Balaban J connectivity index is 2.50. The van der Waals surface area contributed by atoms with Crippen molar-refractivity contribution < 1.29 is 4.79 Å². The fourth-order valence-corrected chi connectivity index (χ4v) is 1.75. The summed E-state index contributed by atoms with van der Waals surface area (Å²) in [6.07, 6.45) is 0. The minimum Gasteiger partial charge on any atom is -0.348 e. The van der Waals surface area contributed by atoms with Gasteiger partial charge in [0.1, 0.15) is 0 Å². The first-order valence-electron chi connectivity index (χ1n) is 5.75. The number of aromatic nitrogens is 1. The van der Waals surface area contributed by atoms with Crippen LogP contribution in [0.5, 0.6) is 0 Å². The number of benzene rings is 1. The van der Waals surface area contributed by atoms with Crippen molar-refractivity contribution in [2.75, 3.05) is 6.54 Å². The lowest BCUT2D eigenvalue weighted by molar-refractivity contribution is 0.0943. The molecule has 94 valence electrons. The molecule has 5 heteroatoms. The normalized spacial score (nSPS) is 12.3. The van der Waals surface area contributed by atoms with Gasteiger partial charge in [0.25, 0.3) is 5.91 Å². The van der Waals surface area contributed by atoms with Gasteiger partial charge in [-0.15, -0.1) is 0 Å². The summed E-state index contributed by atoms with van der Waals surface area (Å²) in [5, 5.41) is 3.47. The van der Waals surface area contributed by atoms with Crippen LogP contribution in [0, 0.1) is 0 Å². The number of carbonyl (C=O) groups is 1. The van der Waals surface area contributed by atoms with Crippen LogP contribution in [0.2, 0.25) is 0 Å². The highest BCUT2D eigenvalue weighted by Gasteiger charge is 2.13. The molecule has 1 heterocycles. The molecule has 0 aliphatic rings. The van der Waals surface area contributed by atoms with E-state index >= 15 is 0 Å². The number of para-hydroxylation sites is 1. The highest BCUT2D eigenvalue weighted by molar-refractivity contribution is 6.06. The van der Waals surface area contributed by atoms with Gasteiger partial charge in [0.15, 0.2) is 0 Å². The van der Waals surface area contributed by atoms with Gasteiger partial charge < -0.3 is 16.0 Å². The van der Waals surface area contributed by atoms with Crippen molar-refractivity contribution in [3.05, 3.63) is 46.2 Å². The molecule has 0 saturated heterocycles. The minimum atomic E-state index is -0.292. The molecule has 4 N–H and O–H groups in total. The van der Waals surface area contributed by atoms with Gasteiger partial charge in [-0.2, -0.15) is 0 Å². The zero-order valence-electron chi connectivity index (χ0n) is 10.1. The Bertz CT molecular complexity index is 633. The first-order chi connectivity index (χ1) is 8.61. The van der Waals surface area contributed by atoms with E-state index in [1.54, 1.807) is 12.1 Å². The number of hydrogen-bond acceptors (Lipinski definition) is 3. The fraction of sp³-hybridized carbons (Fsp3) is 0.231. The highest BCUT2D eigenvalue weighted by atomic mass is 16.2. The van der Waals surface area contributed by atoms with E-state index in [1.165, 1.54) is 6.07 Å². The van der Waals surface area contributed by atoms with E-state index in [4.69, 9.17) is 5.73 Å². The van der Waals surface area contributed by atoms with Crippen molar-refractivity contribution in [3.8, 4) is 0 Å². The molecule has 18 heavy (non-hydrogen) atoms. The molecule has 1 amide bonds. The molecule has 0 radical (unpaired) electrons. The van der Waals surface area contributed by atoms with Crippen molar-refractivity contribution in [1.82, 2.24) is 10.3 Å². The Morgan fingerprint density at radius 3 is 2.89 bits per heavy atom. The summed E-state index contributed by atoms with van der Waals surface area (Å²) in [5.74, 6) is -0.282. The van der Waals surface area contributed by atoms with E-state index in [2.05, 4.69) is 10.3 Å². The number of nitrogens with one attached hydrogen (secondary N) is 2. The second-order valence-corrected chi connectivity index (χ2v) is 4.20. The van der Waals surface area contributed by atoms with Gasteiger partial charge in [0.2, 0.25) is 5.56 Å². The molecule has 5 nitrogen and oxygen atoms in total. The average molecular weight is 245 g/mol. The van der Waals surface area contributed by atoms with Gasteiger partial charge in [-0.1, -0.05) is 18.2 Å². The Kier molecular flexibility index (Phi) is 3.43. The molecule has 1 aromatic heterocycles. The summed E-state index contributed by atoms with van der Waals surface area (Å²) in [6.45, 7) is 2.17. The van der Waals surface area contributed by atoms with Crippen LogP contribution in [0.4, 0.5) is 0 Å². The maximum absolute atomic E-state index is 12.1. The van der Waals surface area contributed by atoms with Crippen LogP contribution >= 0.6 is 0 Å². The maximum atomic E-state index is 12.1. The monoisotopic (exact) mass is 245 g/mol. The van der Waals surface area contributed by atoms with Crippen LogP contribution < -0.4 is 16.6 Å². The van der Waals surface area contributed by atoms with Crippen LogP contribution in [-0.2, 0) is 0 Å². The lowest BCUT2D eigenvalue weighted by Gasteiger charge is -2.12. The molecular weight excluding hydrogens is 230 g/mol. The topological polar surface area (TPSA) is 88.0 Å².